The van der Waals surface area contributed by atoms with E-state index in [4.69, 9.17) is 0 Å². The van der Waals surface area contributed by atoms with Crippen LogP contribution in [0.5, 0.6) is 0 Å². The molecular weight excluding hydrogens is 354 g/mol. The van der Waals surface area contributed by atoms with Crippen LogP contribution in [0.3, 0.4) is 0 Å². The fourth-order valence-corrected chi connectivity index (χ4v) is 3.71. The number of nitrogens with zero attached hydrogens (tertiary/aromatic N) is 2. The SMILES string of the molecule is Cc1ccccc1NC(=O)Cc1nc(CN(C)C(C)c2ccccc2)cs1. The molecule has 0 spiro atoms. The van der Waals surface area contributed by atoms with Gasteiger partial charge in [0.2, 0.25) is 5.91 Å². The van der Waals surface area contributed by atoms with Gasteiger partial charge in [0, 0.05) is 23.7 Å². The van der Waals surface area contributed by atoms with Crippen LogP contribution in [0, 0.1) is 6.92 Å². The van der Waals surface area contributed by atoms with Crippen LogP contribution < -0.4 is 5.32 Å². The quantitative estimate of drug-likeness (QED) is 0.640. The van der Waals surface area contributed by atoms with Crippen molar-refractivity contribution in [3.8, 4) is 0 Å². The lowest BCUT2D eigenvalue weighted by Gasteiger charge is -2.24. The summed E-state index contributed by atoms with van der Waals surface area (Å²) in [6, 6.07) is 18.5. The molecule has 5 heteroatoms. The molecule has 1 amide bonds. The second kappa shape index (κ2) is 8.93. The number of nitrogens with one attached hydrogen (secondary N) is 1. The highest BCUT2D eigenvalue weighted by Crippen LogP contribution is 2.21. The highest BCUT2D eigenvalue weighted by molar-refractivity contribution is 7.09. The lowest BCUT2D eigenvalue weighted by Crippen LogP contribution is -2.22. The summed E-state index contributed by atoms with van der Waals surface area (Å²) in [5.74, 6) is -0.0313. The maximum absolute atomic E-state index is 12.3. The molecule has 0 radical (unpaired) electrons. The second-order valence-electron chi connectivity index (χ2n) is 6.77. The first-order chi connectivity index (χ1) is 13.0. The van der Waals surface area contributed by atoms with Crippen LogP contribution in [0.4, 0.5) is 5.69 Å². The topological polar surface area (TPSA) is 45.2 Å². The van der Waals surface area contributed by atoms with Crippen molar-refractivity contribution in [2.24, 2.45) is 0 Å². The smallest absolute Gasteiger partial charge is 0.231 e. The van der Waals surface area contributed by atoms with Crippen molar-refractivity contribution in [1.82, 2.24) is 9.88 Å². The van der Waals surface area contributed by atoms with Gasteiger partial charge in [-0.2, -0.15) is 0 Å². The van der Waals surface area contributed by atoms with E-state index in [0.717, 1.165) is 28.5 Å². The number of hydrogen-bond acceptors (Lipinski definition) is 4. The van der Waals surface area contributed by atoms with Crippen molar-refractivity contribution in [2.45, 2.75) is 32.9 Å². The van der Waals surface area contributed by atoms with Gasteiger partial charge in [-0.15, -0.1) is 11.3 Å². The van der Waals surface area contributed by atoms with Crippen molar-refractivity contribution >= 4 is 22.9 Å². The van der Waals surface area contributed by atoms with Crippen LogP contribution in [0.2, 0.25) is 0 Å². The Hall–Kier alpha value is -2.50. The molecule has 1 aromatic heterocycles. The maximum atomic E-state index is 12.3. The van der Waals surface area contributed by atoms with Gasteiger partial charge in [0.25, 0.3) is 0 Å². The molecule has 0 aliphatic heterocycles. The zero-order valence-corrected chi connectivity index (χ0v) is 16.8. The molecule has 3 rings (SSSR count). The van der Waals surface area contributed by atoms with Gasteiger partial charge in [0.15, 0.2) is 0 Å². The Balaban J connectivity index is 1.56. The molecule has 1 heterocycles. The number of benzene rings is 2. The average molecular weight is 380 g/mol. The predicted molar refractivity (Wildman–Crippen MR) is 112 cm³/mol. The largest absolute Gasteiger partial charge is 0.325 e. The highest BCUT2D eigenvalue weighted by Gasteiger charge is 2.14. The third-order valence-electron chi connectivity index (χ3n) is 4.68. The third-order valence-corrected chi connectivity index (χ3v) is 5.58. The standard InChI is InChI=1S/C22H25N3OS/c1-16-9-7-8-12-20(16)24-21(26)13-22-23-19(15-27-22)14-25(3)17(2)18-10-5-4-6-11-18/h4-12,15,17H,13-14H2,1-3H3,(H,24,26). The molecule has 140 valence electrons. The number of aryl methyl sites for hydroxylation is 1. The minimum atomic E-state index is -0.0313. The summed E-state index contributed by atoms with van der Waals surface area (Å²) in [5, 5.41) is 5.86. The van der Waals surface area contributed by atoms with Gasteiger partial charge < -0.3 is 5.32 Å². The van der Waals surface area contributed by atoms with Gasteiger partial charge >= 0.3 is 0 Å². The lowest BCUT2D eigenvalue weighted by atomic mass is 10.1. The van der Waals surface area contributed by atoms with Gasteiger partial charge in [0.05, 0.1) is 12.1 Å². The molecule has 0 fully saturated rings. The Morgan fingerprint density at radius 3 is 2.59 bits per heavy atom. The zero-order chi connectivity index (χ0) is 19.2. The molecule has 0 saturated heterocycles. The minimum absolute atomic E-state index is 0.0313. The van der Waals surface area contributed by atoms with E-state index >= 15 is 0 Å². The van der Waals surface area contributed by atoms with Crippen LogP contribution in [0.1, 0.15) is 34.8 Å². The summed E-state index contributed by atoms with van der Waals surface area (Å²) in [6.07, 6.45) is 0.303. The van der Waals surface area contributed by atoms with Gasteiger partial charge in [-0.25, -0.2) is 4.98 Å². The fourth-order valence-electron chi connectivity index (χ4n) is 2.93. The molecule has 0 bridgehead atoms. The molecule has 1 unspecified atom stereocenters. The fraction of sp³-hybridized carbons (Fsp3) is 0.273. The molecule has 4 nitrogen and oxygen atoms in total. The van der Waals surface area contributed by atoms with Gasteiger partial charge in [-0.05, 0) is 38.1 Å². The van der Waals surface area contributed by atoms with E-state index in [1.165, 1.54) is 5.56 Å². The number of amides is 1. The maximum Gasteiger partial charge on any atom is 0.231 e. The Morgan fingerprint density at radius 1 is 1.15 bits per heavy atom. The van der Waals surface area contributed by atoms with Crippen molar-refractivity contribution in [3.63, 3.8) is 0 Å². The summed E-state index contributed by atoms with van der Waals surface area (Å²) in [6.45, 7) is 4.94. The van der Waals surface area contributed by atoms with Crippen molar-refractivity contribution in [1.29, 1.82) is 0 Å². The van der Waals surface area contributed by atoms with E-state index in [2.05, 4.69) is 53.4 Å². The Bertz CT molecular complexity index is 891. The average Bonchev–Trinajstić information content (AvgIpc) is 3.10. The van der Waals surface area contributed by atoms with Crippen LogP contribution in [0.25, 0.3) is 0 Å². The number of para-hydroxylation sites is 1. The monoisotopic (exact) mass is 379 g/mol. The molecule has 27 heavy (non-hydrogen) atoms. The first-order valence-corrected chi connectivity index (χ1v) is 9.95. The number of anilines is 1. The van der Waals surface area contributed by atoms with E-state index < -0.39 is 0 Å². The summed E-state index contributed by atoms with van der Waals surface area (Å²) in [7, 11) is 2.10. The summed E-state index contributed by atoms with van der Waals surface area (Å²) < 4.78 is 0. The number of rotatable bonds is 7. The third kappa shape index (κ3) is 5.25. The Morgan fingerprint density at radius 2 is 1.85 bits per heavy atom. The van der Waals surface area contributed by atoms with Gasteiger partial charge in [-0.3, -0.25) is 9.69 Å². The number of carbonyl (C=O) groups excluding carboxylic acids is 1. The van der Waals surface area contributed by atoms with Crippen LogP contribution >= 0.6 is 11.3 Å². The lowest BCUT2D eigenvalue weighted by molar-refractivity contribution is -0.115. The summed E-state index contributed by atoms with van der Waals surface area (Å²) >= 11 is 1.54. The van der Waals surface area contributed by atoms with Crippen molar-refractivity contribution in [2.75, 3.05) is 12.4 Å². The van der Waals surface area contributed by atoms with E-state index in [0.29, 0.717) is 12.5 Å². The molecule has 1 atom stereocenters. The van der Waals surface area contributed by atoms with E-state index in [-0.39, 0.29) is 5.91 Å². The summed E-state index contributed by atoms with van der Waals surface area (Å²) in [5.41, 5.74) is 4.20. The van der Waals surface area contributed by atoms with Crippen molar-refractivity contribution < 1.29 is 4.79 Å². The van der Waals surface area contributed by atoms with Gasteiger partial charge in [-0.1, -0.05) is 48.5 Å². The normalized spacial score (nSPS) is 12.1. The molecule has 2 aromatic carbocycles. The van der Waals surface area contributed by atoms with Crippen LogP contribution in [-0.4, -0.2) is 22.8 Å². The molecule has 1 N–H and O–H groups in total. The zero-order valence-electron chi connectivity index (χ0n) is 16.0. The van der Waals surface area contributed by atoms with Crippen molar-refractivity contribution in [3.05, 3.63) is 81.8 Å². The number of hydrogen-bond donors (Lipinski definition) is 1. The van der Waals surface area contributed by atoms with E-state index in [1.54, 1.807) is 11.3 Å². The Kier molecular flexibility index (Phi) is 6.37. The Labute approximate surface area is 164 Å². The van der Waals surface area contributed by atoms with Crippen LogP contribution in [-0.2, 0) is 17.8 Å². The molecular formula is C22H25N3OS. The molecule has 0 aliphatic rings. The number of carbonyl (C=O) groups is 1. The first kappa shape index (κ1) is 19.3. The van der Waals surface area contributed by atoms with Crippen LogP contribution in [0.15, 0.2) is 60.0 Å². The molecule has 0 saturated carbocycles. The minimum Gasteiger partial charge on any atom is -0.325 e. The molecule has 3 aromatic rings. The number of aromatic nitrogens is 1. The number of thiazole rings is 1. The van der Waals surface area contributed by atoms with E-state index in [9.17, 15) is 4.79 Å². The van der Waals surface area contributed by atoms with Gasteiger partial charge in [0.1, 0.15) is 5.01 Å². The highest BCUT2D eigenvalue weighted by atomic mass is 32.1. The molecule has 0 aliphatic carbocycles. The predicted octanol–water partition coefficient (Wildman–Crippen LogP) is 4.83. The summed E-state index contributed by atoms with van der Waals surface area (Å²) in [4.78, 5) is 19.2. The second-order valence-corrected chi connectivity index (χ2v) is 7.72. The van der Waals surface area contributed by atoms with E-state index in [1.807, 2.05) is 42.6 Å². The first-order valence-electron chi connectivity index (χ1n) is 9.07.